The van der Waals surface area contributed by atoms with Gasteiger partial charge in [-0.15, -0.1) is 12.4 Å². The topological polar surface area (TPSA) is 41.6 Å². The summed E-state index contributed by atoms with van der Waals surface area (Å²) in [6.07, 6.45) is 5.20. The number of halogens is 1. The molecule has 19 heavy (non-hydrogen) atoms. The SMILES string of the molecule is CC1CCCCC1OCC(=O)N1CCNC[C@H]1C.Cl. The van der Waals surface area contributed by atoms with E-state index in [0.717, 1.165) is 26.1 Å². The van der Waals surface area contributed by atoms with Crippen LogP contribution >= 0.6 is 12.4 Å². The Morgan fingerprint density at radius 2 is 2.05 bits per heavy atom. The van der Waals surface area contributed by atoms with E-state index >= 15 is 0 Å². The third kappa shape index (κ3) is 4.62. The van der Waals surface area contributed by atoms with Gasteiger partial charge in [-0.25, -0.2) is 0 Å². The first kappa shape index (κ1) is 16.7. The molecule has 112 valence electrons. The lowest BCUT2D eigenvalue weighted by Gasteiger charge is -2.35. The number of nitrogens with one attached hydrogen (secondary N) is 1. The lowest BCUT2D eigenvalue weighted by atomic mass is 9.88. The first-order valence-electron chi connectivity index (χ1n) is 7.30. The second-order valence-corrected chi connectivity index (χ2v) is 5.75. The fourth-order valence-electron chi connectivity index (χ4n) is 3.00. The van der Waals surface area contributed by atoms with Crippen LogP contribution in [0.3, 0.4) is 0 Å². The standard InChI is InChI=1S/C14H26N2O2.ClH/c1-11-5-3-4-6-13(11)18-10-14(17)16-8-7-15-9-12(16)2;/h11-13,15H,3-10H2,1-2H3;1H/t11?,12-,13?;/m1./s1. The molecular formula is C14H27ClN2O2. The Morgan fingerprint density at radius 1 is 1.32 bits per heavy atom. The Labute approximate surface area is 122 Å². The Kier molecular flexibility index (Phi) is 7.11. The number of piperazine rings is 1. The average molecular weight is 291 g/mol. The lowest BCUT2D eigenvalue weighted by Crippen LogP contribution is -2.53. The minimum Gasteiger partial charge on any atom is -0.368 e. The Morgan fingerprint density at radius 3 is 2.74 bits per heavy atom. The molecule has 0 aromatic rings. The third-order valence-electron chi connectivity index (χ3n) is 4.28. The van der Waals surface area contributed by atoms with Crippen LogP contribution in [0.15, 0.2) is 0 Å². The predicted molar refractivity (Wildman–Crippen MR) is 78.7 cm³/mol. The Hall–Kier alpha value is -0.320. The van der Waals surface area contributed by atoms with Gasteiger partial charge >= 0.3 is 0 Å². The van der Waals surface area contributed by atoms with E-state index in [2.05, 4.69) is 19.2 Å². The highest BCUT2D eigenvalue weighted by Gasteiger charge is 2.26. The average Bonchev–Trinajstić information content (AvgIpc) is 2.38. The van der Waals surface area contributed by atoms with E-state index in [1.807, 2.05) is 4.90 Å². The van der Waals surface area contributed by atoms with Crippen molar-refractivity contribution in [2.24, 2.45) is 5.92 Å². The van der Waals surface area contributed by atoms with Crippen molar-refractivity contribution in [3.8, 4) is 0 Å². The van der Waals surface area contributed by atoms with Crippen molar-refractivity contribution in [1.82, 2.24) is 10.2 Å². The summed E-state index contributed by atoms with van der Waals surface area (Å²) < 4.78 is 5.85. The highest BCUT2D eigenvalue weighted by Crippen LogP contribution is 2.26. The Bertz CT molecular complexity index is 289. The molecule has 2 fully saturated rings. The number of hydrogen-bond donors (Lipinski definition) is 1. The van der Waals surface area contributed by atoms with Crippen LogP contribution in [0.2, 0.25) is 0 Å². The van der Waals surface area contributed by atoms with Crippen molar-refractivity contribution in [1.29, 1.82) is 0 Å². The zero-order valence-corrected chi connectivity index (χ0v) is 12.9. The molecule has 0 spiro atoms. The van der Waals surface area contributed by atoms with E-state index in [1.54, 1.807) is 0 Å². The number of carbonyl (C=O) groups excluding carboxylic acids is 1. The van der Waals surface area contributed by atoms with E-state index in [9.17, 15) is 4.79 Å². The highest BCUT2D eigenvalue weighted by atomic mass is 35.5. The van der Waals surface area contributed by atoms with Crippen LogP contribution in [0.1, 0.15) is 39.5 Å². The molecule has 1 heterocycles. The van der Waals surface area contributed by atoms with Crippen LogP contribution in [0.25, 0.3) is 0 Å². The number of rotatable bonds is 3. The van der Waals surface area contributed by atoms with Crippen LogP contribution < -0.4 is 5.32 Å². The van der Waals surface area contributed by atoms with Crippen LogP contribution in [0.5, 0.6) is 0 Å². The molecule has 3 atom stereocenters. The van der Waals surface area contributed by atoms with Gasteiger partial charge in [0, 0.05) is 25.7 Å². The number of ether oxygens (including phenoxy) is 1. The first-order chi connectivity index (χ1) is 8.68. The smallest absolute Gasteiger partial charge is 0.248 e. The minimum absolute atomic E-state index is 0. The fraction of sp³-hybridized carbons (Fsp3) is 0.929. The van der Waals surface area contributed by atoms with E-state index in [1.165, 1.54) is 19.3 Å². The van der Waals surface area contributed by atoms with E-state index in [4.69, 9.17) is 4.74 Å². The molecule has 0 bridgehead atoms. The number of amides is 1. The van der Waals surface area contributed by atoms with Crippen molar-refractivity contribution < 1.29 is 9.53 Å². The van der Waals surface area contributed by atoms with Gasteiger partial charge in [0.2, 0.25) is 5.91 Å². The van der Waals surface area contributed by atoms with Gasteiger partial charge in [-0.1, -0.05) is 19.8 Å². The summed E-state index contributed by atoms with van der Waals surface area (Å²) in [5, 5.41) is 3.30. The van der Waals surface area contributed by atoms with Gasteiger partial charge in [0.15, 0.2) is 0 Å². The fourth-order valence-corrected chi connectivity index (χ4v) is 3.00. The van der Waals surface area contributed by atoms with Crippen LogP contribution in [-0.4, -0.2) is 49.2 Å². The quantitative estimate of drug-likeness (QED) is 0.862. The van der Waals surface area contributed by atoms with Gasteiger partial charge in [-0.2, -0.15) is 0 Å². The maximum Gasteiger partial charge on any atom is 0.248 e. The molecule has 0 aromatic heterocycles. The van der Waals surface area contributed by atoms with Gasteiger partial charge in [-0.05, 0) is 25.7 Å². The molecule has 2 rings (SSSR count). The molecule has 1 saturated carbocycles. The molecule has 1 amide bonds. The molecular weight excluding hydrogens is 264 g/mol. The summed E-state index contributed by atoms with van der Waals surface area (Å²) in [7, 11) is 0. The van der Waals surface area contributed by atoms with Gasteiger partial charge in [0.25, 0.3) is 0 Å². The molecule has 4 nitrogen and oxygen atoms in total. The van der Waals surface area contributed by atoms with Gasteiger partial charge in [-0.3, -0.25) is 4.79 Å². The highest BCUT2D eigenvalue weighted by molar-refractivity contribution is 5.85. The second kappa shape index (κ2) is 8.08. The molecule has 0 aromatic carbocycles. The normalized spacial score (nSPS) is 31.7. The van der Waals surface area contributed by atoms with Crippen molar-refractivity contribution in [3.05, 3.63) is 0 Å². The second-order valence-electron chi connectivity index (χ2n) is 5.75. The molecule has 5 heteroatoms. The van der Waals surface area contributed by atoms with Gasteiger partial charge in [0.05, 0.1) is 6.10 Å². The zero-order chi connectivity index (χ0) is 13.0. The maximum atomic E-state index is 12.1. The number of hydrogen-bond acceptors (Lipinski definition) is 3. The summed E-state index contributed by atoms with van der Waals surface area (Å²) in [5.74, 6) is 0.758. The van der Waals surface area contributed by atoms with Crippen molar-refractivity contribution >= 4 is 18.3 Å². The molecule has 0 radical (unpaired) electrons. The zero-order valence-electron chi connectivity index (χ0n) is 12.1. The molecule has 1 aliphatic carbocycles. The Balaban J connectivity index is 0.00000180. The summed E-state index contributed by atoms with van der Waals surface area (Å²) in [6.45, 7) is 7.19. The minimum atomic E-state index is 0. The van der Waals surface area contributed by atoms with E-state index in [0.29, 0.717) is 18.1 Å². The monoisotopic (exact) mass is 290 g/mol. The summed E-state index contributed by atoms with van der Waals surface area (Å²) >= 11 is 0. The number of carbonyl (C=O) groups is 1. The van der Waals surface area contributed by atoms with Crippen molar-refractivity contribution in [2.75, 3.05) is 26.2 Å². The molecule has 2 aliphatic rings. The molecule has 1 N–H and O–H groups in total. The first-order valence-corrected chi connectivity index (χ1v) is 7.30. The molecule has 2 unspecified atom stereocenters. The van der Waals surface area contributed by atoms with Gasteiger partial charge in [0.1, 0.15) is 6.61 Å². The molecule has 1 aliphatic heterocycles. The molecule has 1 saturated heterocycles. The summed E-state index contributed by atoms with van der Waals surface area (Å²) in [6, 6.07) is 0.290. The third-order valence-corrected chi connectivity index (χ3v) is 4.28. The van der Waals surface area contributed by atoms with Crippen LogP contribution in [-0.2, 0) is 9.53 Å². The lowest BCUT2D eigenvalue weighted by molar-refractivity contribution is -0.142. The van der Waals surface area contributed by atoms with E-state index in [-0.39, 0.29) is 24.9 Å². The van der Waals surface area contributed by atoms with Gasteiger partial charge < -0.3 is 15.0 Å². The van der Waals surface area contributed by atoms with Crippen molar-refractivity contribution in [3.63, 3.8) is 0 Å². The van der Waals surface area contributed by atoms with E-state index < -0.39 is 0 Å². The summed E-state index contributed by atoms with van der Waals surface area (Å²) in [4.78, 5) is 14.1. The van der Waals surface area contributed by atoms with Crippen LogP contribution in [0.4, 0.5) is 0 Å². The summed E-state index contributed by atoms with van der Waals surface area (Å²) in [5.41, 5.74) is 0. The maximum absolute atomic E-state index is 12.1. The van der Waals surface area contributed by atoms with Crippen LogP contribution in [0, 0.1) is 5.92 Å². The van der Waals surface area contributed by atoms with Crippen molar-refractivity contribution in [2.45, 2.75) is 51.7 Å². The predicted octanol–water partition coefficient (Wildman–Crippen LogP) is 1.82. The number of nitrogens with zero attached hydrogens (tertiary/aromatic N) is 1. The largest absolute Gasteiger partial charge is 0.368 e.